The highest BCUT2D eigenvalue weighted by molar-refractivity contribution is 4.76. The molecule has 102 valence electrons. The van der Waals surface area contributed by atoms with Crippen molar-refractivity contribution in [3.8, 4) is 0 Å². The van der Waals surface area contributed by atoms with E-state index >= 15 is 0 Å². The summed E-state index contributed by atoms with van der Waals surface area (Å²) in [6.45, 7) is 11.7. The summed E-state index contributed by atoms with van der Waals surface area (Å²) in [7, 11) is 0. The van der Waals surface area contributed by atoms with Crippen molar-refractivity contribution < 1.29 is 0 Å². The minimum Gasteiger partial charge on any atom is -0.328 e. The van der Waals surface area contributed by atoms with E-state index in [4.69, 9.17) is 5.73 Å². The maximum atomic E-state index is 6.23. The Morgan fingerprint density at radius 2 is 1.94 bits per heavy atom. The van der Waals surface area contributed by atoms with Crippen LogP contribution in [0.2, 0.25) is 0 Å². The monoisotopic (exact) mass is 240 g/mol. The Hall–Kier alpha value is -0.0800. The molecule has 0 aliphatic carbocycles. The number of hydrogen-bond acceptors (Lipinski definition) is 2. The molecule has 0 aromatic heterocycles. The zero-order valence-corrected chi connectivity index (χ0v) is 12.3. The zero-order valence-electron chi connectivity index (χ0n) is 12.3. The molecule has 0 aromatic rings. The lowest BCUT2D eigenvalue weighted by Crippen LogP contribution is -2.37. The third-order valence-electron chi connectivity index (χ3n) is 3.85. The van der Waals surface area contributed by atoms with Gasteiger partial charge in [0.15, 0.2) is 0 Å². The SMILES string of the molecule is CC1CCCCCN1CCC(N)CC(C)(C)C. The largest absolute Gasteiger partial charge is 0.328 e. The first kappa shape index (κ1) is 15.0. The van der Waals surface area contributed by atoms with Gasteiger partial charge in [0, 0.05) is 12.1 Å². The molecule has 0 saturated carbocycles. The molecule has 1 aliphatic heterocycles. The fourth-order valence-corrected chi connectivity index (χ4v) is 2.89. The van der Waals surface area contributed by atoms with Crippen LogP contribution >= 0.6 is 0 Å². The molecule has 17 heavy (non-hydrogen) atoms. The lowest BCUT2D eigenvalue weighted by atomic mass is 9.87. The van der Waals surface area contributed by atoms with Gasteiger partial charge in [-0.2, -0.15) is 0 Å². The van der Waals surface area contributed by atoms with Crippen LogP contribution in [0.5, 0.6) is 0 Å². The van der Waals surface area contributed by atoms with Gasteiger partial charge in [-0.3, -0.25) is 0 Å². The van der Waals surface area contributed by atoms with E-state index in [1.807, 2.05) is 0 Å². The Bertz CT molecular complexity index is 207. The smallest absolute Gasteiger partial charge is 0.00669 e. The molecule has 2 N–H and O–H groups in total. The molecule has 0 aromatic carbocycles. The normalized spacial score (nSPS) is 25.6. The molecule has 2 nitrogen and oxygen atoms in total. The zero-order chi connectivity index (χ0) is 12.9. The first-order valence-electron chi connectivity index (χ1n) is 7.38. The summed E-state index contributed by atoms with van der Waals surface area (Å²) in [6.07, 6.45) is 7.85. The molecule has 1 fully saturated rings. The third kappa shape index (κ3) is 6.42. The summed E-state index contributed by atoms with van der Waals surface area (Å²) in [5, 5.41) is 0. The Balaban J connectivity index is 2.28. The van der Waals surface area contributed by atoms with Gasteiger partial charge >= 0.3 is 0 Å². The van der Waals surface area contributed by atoms with Crippen LogP contribution in [0.3, 0.4) is 0 Å². The summed E-state index contributed by atoms with van der Waals surface area (Å²) in [5.41, 5.74) is 6.60. The van der Waals surface area contributed by atoms with Crippen LogP contribution in [0.25, 0.3) is 0 Å². The lowest BCUT2D eigenvalue weighted by molar-refractivity contribution is 0.198. The maximum Gasteiger partial charge on any atom is 0.00669 e. The highest BCUT2D eigenvalue weighted by Gasteiger charge is 2.19. The van der Waals surface area contributed by atoms with Gasteiger partial charge in [0.2, 0.25) is 0 Å². The second kappa shape index (κ2) is 6.75. The predicted molar refractivity (Wildman–Crippen MR) is 76.2 cm³/mol. The van der Waals surface area contributed by atoms with Crippen LogP contribution in [0.1, 0.15) is 66.2 Å². The fraction of sp³-hybridized carbons (Fsp3) is 1.00. The van der Waals surface area contributed by atoms with E-state index in [0.29, 0.717) is 11.5 Å². The van der Waals surface area contributed by atoms with Crippen molar-refractivity contribution in [1.29, 1.82) is 0 Å². The van der Waals surface area contributed by atoms with E-state index in [0.717, 1.165) is 18.9 Å². The van der Waals surface area contributed by atoms with Crippen molar-refractivity contribution in [2.24, 2.45) is 11.1 Å². The highest BCUT2D eigenvalue weighted by Crippen LogP contribution is 2.22. The third-order valence-corrected chi connectivity index (χ3v) is 3.85. The molecule has 2 unspecified atom stereocenters. The molecule has 2 heteroatoms. The summed E-state index contributed by atoms with van der Waals surface area (Å²) in [4.78, 5) is 2.65. The van der Waals surface area contributed by atoms with Gasteiger partial charge in [-0.25, -0.2) is 0 Å². The fourth-order valence-electron chi connectivity index (χ4n) is 2.89. The summed E-state index contributed by atoms with van der Waals surface area (Å²) in [6, 6.07) is 1.13. The van der Waals surface area contributed by atoms with Crippen molar-refractivity contribution in [2.45, 2.75) is 78.3 Å². The van der Waals surface area contributed by atoms with Crippen molar-refractivity contribution >= 4 is 0 Å². The van der Waals surface area contributed by atoms with Gasteiger partial charge in [0.1, 0.15) is 0 Å². The van der Waals surface area contributed by atoms with E-state index in [-0.39, 0.29) is 0 Å². The Kier molecular flexibility index (Phi) is 5.94. The quantitative estimate of drug-likeness (QED) is 0.816. The van der Waals surface area contributed by atoms with Crippen molar-refractivity contribution in [3.63, 3.8) is 0 Å². The van der Waals surface area contributed by atoms with Crippen LogP contribution in [-0.4, -0.2) is 30.1 Å². The van der Waals surface area contributed by atoms with Crippen LogP contribution in [0.15, 0.2) is 0 Å². The summed E-state index contributed by atoms with van der Waals surface area (Å²) < 4.78 is 0. The number of nitrogens with zero attached hydrogens (tertiary/aromatic N) is 1. The van der Waals surface area contributed by atoms with Crippen molar-refractivity contribution in [2.75, 3.05) is 13.1 Å². The second-order valence-electron chi connectivity index (χ2n) is 7.05. The van der Waals surface area contributed by atoms with Gasteiger partial charge in [0.25, 0.3) is 0 Å². The standard InChI is InChI=1S/C15H32N2/c1-13-8-6-5-7-10-17(13)11-9-14(16)12-15(2,3)4/h13-14H,5-12,16H2,1-4H3. The van der Waals surface area contributed by atoms with Crippen LogP contribution in [0.4, 0.5) is 0 Å². The topological polar surface area (TPSA) is 29.3 Å². The Labute approximate surface area is 108 Å². The molecule has 1 saturated heterocycles. The number of likely N-dealkylation sites (tertiary alicyclic amines) is 1. The van der Waals surface area contributed by atoms with E-state index in [2.05, 4.69) is 32.6 Å². The second-order valence-corrected chi connectivity index (χ2v) is 7.05. The van der Waals surface area contributed by atoms with Gasteiger partial charge in [-0.05, 0) is 51.1 Å². The average molecular weight is 240 g/mol. The number of hydrogen-bond donors (Lipinski definition) is 1. The lowest BCUT2D eigenvalue weighted by Gasteiger charge is -2.29. The first-order valence-corrected chi connectivity index (χ1v) is 7.38. The van der Waals surface area contributed by atoms with Crippen LogP contribution < -0.4 is 5.73 Å². The molecule has 0 bridgehead atoms. The van der Waals surface area contributed by atoms with Gasteiger partial charge in [0.05, 0.1) is 0 Å². The molecule has 1 heterocycles. The minimum absolute atomic E-state index is 0.365. The average Bonchev–Trinajstić information content (AvgIpc) is 2.37. The molecular weight excluding hydrogens is 208 g/mol. The van der Waals surface area contributed by atoms with Crippen LogP contribution in [-0.2, 0) is 0 Å². The molecule has 1 aliphatic rings. The van der Waals surface area contributed by atoms with E-state index in [1.54, 1.807) is 0 Å². The van der Waals surface area contributed by atoms with E-state index < -0.39 is 0 Å². The number of rotatable bonds is 4. The van der Waals surface area contributed by atoms with Gasteiger partial charge in [-0.1, -0.05) is 33.6 Å². The van der Waals surface area contributed by atoms with E-state index in [1.165, 1.54) is 38.8 Å². The van der Waals surface area contributed by atoms with Crippen molar-refractivity contribution in [3.05, 3.63) is 0 Å². The van der Waals surface area contributed by atoms with Crippen LogP contribution in [0, 0.1) is 5.41 Å². The predicted octanol–water partition coefficient (Wildman–Crippen LogP) is 3.40. The molecular formula is C15H32N2. The minimum atomic E-state index is 0.365. The van der Waals surface area contributed by atoms with Crippen molar-refractivity contribution in [1.82, 2.24) is 4.90 Å². The Morgan fingerprint density at radius 3 is 2.59 bits per heavy atom. The molecule has 0 radical (unpaired) electrons. The van der Waals surface area contributed by atoms with Gasteiger partial charge < -0.3 is 10.6 Å². The maximum absolute atomic E-state index is 6.23. The van der Waals surface area contributed by atoms with Gasteiger partial charge in [-0.15, -0.1) is 0 Å². The molecule has 1 rings (SSSR count). The Morgan fingerprint density at radius 1 is 1.24 bits per heavy atom. The first-order chi connectivity index (χ1) is 7.88. The molecule has 0 spiro atoms. The van der Waals surface area contributed by atoms with E-state index in [9.17, 15) is 0 Å². The summed E-state index contributed by atoms with van der Waals surface area (Å²) in [5.74, 6) is 0. The molecule has 0 amide bonds. The highest BCUT2D eigenvalue weighted by atomic mass is 15.1. The summed E-state index contributed by atoms with van der Waals surface area (Å²) >= 11 is 0. The number of nitrogens with two attached hydrogens (primary N) is 1. The molecule has 2 atom stereocenters.